The first-order chi connectivity index (χ1) is 8.59. The van der Waals surface area contributed by atoms with E-state index >= 15 is 0 Å². The van der Waals surface area contributed by atoms with Crippen molar-refractivity contribution in [2.45, 2.75) is 52.5 Å². The van der Waals surface area contributed by atoms with Crippen LogP contribution in [-0.2, 0) is 4.74 Å². The quantitative estimate of drug-likeness (QED) is 0.718. The second-order valence-corrected chi connectivity index (χ2v) is 5.67. The van der Waals surface area contributed by atoms with Crippen LogP contribution >= 0.6 is 0 Å². The molecule has 0 radical (unpaired) electrons. The van der Waals surface area contributed by atoms with Crippen LogP contribution in [0.5, 0.6) is 0 Å². The fraction of sp³-hybridized carbons (Fsp3) is 0.929. The number of ether oxygens (including phenoxy) is 1. The van der Waals surface area contributed by atoms with Gasteiger partial charge in [0.2, 0.25) is 0 Å². The summed E-state index contributed by atoms with van der Waals surface area (Å²) in [5.41, 5.74) is 0. The van der Waals surface area contributed by atoms with E-state index in [1.54, 1.807) is 0 Å². The highest BCUT2D eigenvalue weighted by atomic mass is 16.5. The number of nitrogens with one attached hydrogen (secondary N) is 2. The monoisotopic (exact) mass is 256 g/mol. The molecule has 2 N–H and O–H groups in total. The third-order valence-electron chi connectivity index (χ3n) is 3.58. The number of hydrogen-bond donors (Lipinski definition) is 2. The molecular weight excluding hydrogens is 228 g/mol. The zero-order chi connectivity index (χ0) is 13.4. The van der Waals surface area contributed by atoms with Gasteiger partial charge in [-0.1, -0.05) is 13.8 Å². The van der Waals surface area contributed by atoms with E-state index in [9.17, 15) is 4.79 Å². The number of hydrogen-bond acceptors (Lipinski definition) is 2. The number of rotatable bonds is 6. The SMILES string of the molecule is CC(C)CCCNC(=O)N[C@@H](C)C1CCOCC1. The highest BCUT2D eigenvalue weighted by Gasteiger charge is 2.21. The molecule has 0 spiro atoms. The van der Waals surface area contributed by atoms with Gasteiger partial charge in [-0.2, -0.15) is 0 Å². The van der Waals surface area contributed by atoms with E-state index in [1.165, 1.54) is 0 Å². The van der Waals surface area contributed by atoms with E-state index in [1.807, 2.05) is 0 Å². The Morgan fingerprint density at radius 1 is 1.28 bits per heavy atom. The number of carbonyl (C=O) groups is 1. The van der Waals surface area contributed by atoms with Gasteiger partial charge in [-0.3, -0.25) is 0 Å². The van der Waals surface area contributed by atoms with Crippen molar-refractivity contribution in [3.63, 3.8) is 0 Å². The maximum absolute atomic E-state index is 11.7. The molecule has 1 aliphatic heterocycles. The first-order valence-corrected chi connectivity index (χ1v) is 7.21. The van der Waals surface area contributed by atoms with Crippen LogP contribution < -0.4 is 10.6 Å². The summed E-state index contributed by atoms with van der Waals surface area (Å²) < 4.78 is 5.33. The average molecular weight is 256 g/mol. The molecule has 0 aromatic heterocycles. The normalized spacial score (nSPS) is 18.7. The molecule has 0 bridgehead atoms. The third-order valence-corrected chi connectivity index (χ3v) is 3.58. The number of urea groups is 1. The van der Waals surface area contributed by atoms with Crippen molar-refractivity contribution >= 4 is 6.03 Å². The fourth-order valence-corrected chi connectivity index (χ4v) is 2.30. The number of amides is 2. The van der Waals surface area contributed by atoms with Crippen LogP contribution in [0.1, 0.15) is 46.5 Å². The second kappa shape index (κ2) is 8.35. The lowest BCUT2D eigenvalue weighted by molar-refractivity contribution is 0.0571. The molecule has 1 aliphatic rings. The molecule has 0 aromatic carbocycles. The van der Waals surface area contributed by atoms with E-state index in [2.05, 4.69) is 31.4 Å². The van der Waals surface area contributed by atoms with E-state index < -0.39 is 0 Å². The summed E-state index contributed by atoms with van der Waals surface area (Å²) in [5.74, 6) is 1.26. The van der Waals surface area contributed by atoms with Gasteiger partial charge >= 0.3 is 6.03 Å². The molecule has 0 aromatic rings. The first kappa shape index (κ1) is 15.3. The Labute approximate surface area is 111 Å². The van der Waals surface area contributed by atoms with Crippen LogP contribution in [-0.4, -0.2) is 31.8 Å². The summed E-state index contributed by atoms with van der Waals surface area (Å²) in [5, 5.41) is 5.96. The van der Waals surface area contributed by atoms with Crippen molar-refractivity contribution in [1.29, 1.82) is 0 Å². The standard InChI is InChI=1S/C14H28N2O2/c1-11(2)5-4-8-15-14(17)16-12(3)13-6-9-18-10-7-13/h11-13H,4-10H2,1-3H3,(H2,15,16,17)/t12-/m0/s1. The Morgan fingerprint density at radius 2 is 1.94 bits per heavy atom. The molecule has 2 amide bonds. The molecule has 0 unspecified atom stereocenters. The Morgan fingerprint density at radius 3 is 2.56 bits per heavy atom. The van der Waals surface area contributed by atoms with Gasteiger partial charge in [-0.15, -0.1) is 0 Å². The van der Waals surface area contributed by atoms with Crippen LogP contribution in [0.15, 0.2) is 0 Å². The van der Waals surface area contributed by atoms with Crippen LogP contribution in [0.4, 0.5) is 4.79 Å². The van der Waals surface area contributed by atoms with Crippen molar-refractivity contribution in [3.05, 3.63) is 0 Å². The molecular formula is C14H28N2O2. The largest absolute Gasteiger partial charge is 0.381 e. The maximum atomic E-state index is 11.7. The van der Waals surface area contributed by atoms with Crippen LogP contribution in [0.3, 0.4) is 0 Å². The molecule has 4 nitrogen and oxygen atoms in total. The van der Waals surface area contributed by atoms with Gasteiger partial charge in [0, 0.05) is 25.8 Å². The predicted octanol–water partition coefficient (Wildman–Crippen LogP) is 2.54. The van der Waals surface area contributed by atoms with Gasteiger partial charge in [-0.05, 0) is 44.4 Å². The van der Waals surface area contributed by atoms with Crippen molar-refractivity contribution in [2.75, 3.05) is 19.8 Å². The van der Waals surface area contributed by atoms with Crippen molar-refractivity contribution in [3.8, 4) is 0 Å². The van der Waals surface area contributed by atoms with Crippen molar-refractivity contribution in [1.82, 2.24) is 10.6 Å². The van der Waals surface area contributed by atoms with Gasteiger partial charge in [0.05, 0.1) is 0 Å². The minimum Gasteiger partial charge on any atom is -0.381 e. The van der Waals surface area contributed by atoms with Gasteiger partial charge in [-0.25, -0.2) is 4.79 Å². The summed E-state index contributed by atoms with van der Waals surface area (Å²) in [6.45, 7) is 8.91. The maximum Gasteiger partial charge on any atom is 0.315 e. The second-order valence-electron chi connectivity index (χ2n) is 5.67. The summed E-state index contributed by atoms with van der Waals surface area (Å²) in [6, 6.07) is 0.205. The van der Waals surface area contributed by atoms with E-state index in [4.69, 9.17) is 4.74 Å². The zero-order valence-corrected chi connectivity index (χ0v) is 12.0. The van der Waals surface area contributed by atoms with Gasteiger partial charge in [0.1, 0.15) is 0 Å². The van der Waals surface area contributed by atoms with Gasteiger partial charge in [0.25, 0.3) is 0 Å². The van der Waals surface area contributed by atoms with Crippen molar-refractivity contribution in [2.24, 2.45) is 11.8 Å². The zero-order valence-electron chi connectivity index (χ0n) is 12.0. The minimum atomic E-state index is -0.0299. The van der Waals surface area contributed by atoms with E-state index in [0.717, 1.165) is 45.4 Å². The Bertz CT molecular complexity index is 238. The molecule has 1 saturated heterocycles. The molecule has 0 aliphatic carbocycles. The highest BCUT2D eigenvalue weighted by Crippen LogP contribution is 2.18. The lowest BCUT2D eigenvalue weighted by Gasteiger charge is -2.28. The topological polar surface area (TPSA) is 50.4 Å². The fourth-order valence-electron chi connectivity index (χ4n) is 2.30. The summed E-state index contributed by atoms with van der Waals surface area (Å²) in [4.78, 5) is 11.7. The van der Waals surface area contributed by atoms with Crippen LogP contribution in [0.2, 0.25) is 0 Å². The molecule has 0 saturated carbocycles. The Balaban J connectivity index is 2.10. The molecule has 106 valence electrons. The van der Waals surface area contributed by atoms with Crippen molar-refractivity contribution < 1.29 is 9.53 Å². The first-order valence-electron chi connectivity index (χ1n) is 7.21. The van der Waals surface area contributed by atoms with Gasteiger partial charge in [0.15, 0.2) is 0 Å². The Kier molecular flexibility index (Phi) is 7.09. The van der Waals surface area contributed by atoms with E-state index in [-0.39, 0.29) is 12.1 Å². The molecule has 1 fully saturated rings. The Hall–Kier alpha value is -0.770. The lowest BCUT2D eigenvalue weighted by Crippen LogP contribution is -2.45. The number of carbonyl (C=O) groups excluding carboxylic acids is 1. The molecule has 1 heterocycles. The highest BCUT2D eigenvalue weighted by molar-refractivity contribution is 5.74. The summed E-state index contributed by atoms with van der Waals surface area (Å²) in [7, 11) is 0. The summed E-state index contributed by atoms with van der Waals surface area (Å²) in [6.07, 6.45) is 4.32. The van der Waals surface area contributed by atoms with Crippen LogP contribution in [0.25, 0.3) is 0 Å². The van der Waals surface area contributed by atoms with Crippen LogP contribution in [0, 0.1) is 11.8 Å². The third kappa shape index (κ3) is 6.24. The predicted molar refractivity (Wildman–Crippen MR) is 73.6 cm³/mol. The van der Waals surface area contributed by atoms with E-state index in [0.29, 0.717) is 11.8 Å². The smallest absolute Gasteiger partial charge is 0.315 e. The summed E-state index contributed by atoms with van der Waals surface area (Å²) >= 11 is 0. The molecule has 4 heteroatoms. The van der Waals surface area contributed by atoms with Gasteiger partial charge < -0.3 is 15.4 Å². The minimum absolute atomic E-state index is 0.0299. The molecule has 1 atom stereocenters. The average Bonchev–Trinajstić information content (AvgIpc) is 2.35. The molecule has 18 heavy (non-hydrogen) atoms. The lowest BCUT2D eigenvalue weighted by atomic mass is 9.93. The molecule has 1 rings (SSSR count).